The van der Waals surface area contributed by atoms with E-state index in [2.05, 4.69) is 13.8 Å². The molecule has 0 saturated heterocycles. The van der Waals surface area contributed by atoms with Gasteiger partial charge in [-0.3, -0.25) is 0 Å². The van der Waals surface area contributed by atoms with Crippen LogP contribution in [0.2, 0.25) is 0 Å². The molecule has 17 heavy (non-hydrogen) atoms. The average Bonchev–Trinajstić information content (AvgIpc) is 2.29. The highest BCUT2D eigenvalue weighted by Gasteiger charge is 2.16. The normalized spacial score (nSPS) is 25.8. The van der Waals surface area contributed by atoms with Gasteiger partial charge >= 0.3 is 0 Å². The van der Waals surface area contributed by atoms with Gasteiger partial charge in [0.25, 0.3) is 0 Å². The molecule has 102 valence electrons. The summed E-state index contributed by atoms with van der Waals surface area (Å²) in [6.45, 7) is 4.95. The quantitative estimate of drug-likeness (QED) is 0.452. The number of hydrogen-bond acceptors (Lipinski definition) is 0. The molecule has 0 amide bonds. The number of hydrogen-bond donors (Lipinski definition) is 0. The molecule has 0 N–H and O–H groups in total. The highest BCUT2D eigenvalue weighted by atomic mass is 14.2. The van der Waals surface area contributed by atoms with E-state index in [1.165, 1.54) is 89.9 Å². The minimum absolute atomic E-state index is 0.611. The molecule has 0 aromatic rings. The molecule has 0 aliphatic heterocycles. The molecule has 0 aromatic heterocycles. The molecule has 1 aliphatic rings. The fourth-order valence-corrected chi connectivity index (χ4v) is 3.10. The Hall–Kier alpha value is 0. The lowest BCUT2D eigenvalue weighted by Gasteiger charge is -2.24. The molecule has 0 unspecified atom stereocenters. The first-order valence-corrected chi connectivity index (χ1v) is 8.21. The van der Waals surface area contributed by atoms with Crippen LogP contribution in [0.3, 0.4) is 0 Å². The van der Waals surface area contributed by atoms with E-state index in [4.69, 9.17) is 0 Å². The maximum Gasteiger partial charge on any atom is -0.0354 e. The summed E-state index contributed by atoms with van der Waals surface area (Å²) in [6.07, 6.45) is 20.7. The molecule has 1 saturated carbocycles. The zero-order chi connectivity index (χ0) is 12.4. The van der Waals surface area contributed by atoms with Crippen LogP contribution in [-0.2, 0) is 0 Å². The Morgan fingerprint density at radius 1 is 0.412 bits per heavy atom. The summed E-state index contributed by atoms with van der Waals surface area (Å²) in [5.41, 5.74) is 0.611. The van der Waals surface area contributed by atoms with Gasteiger partial charge in [0.2, 0.25) is 0 Å². The SMILES string of the molecule is CC1(C)CCCCCCCCCCCCCC1. The van der Waals surface area contributed by atoms with Crippen LogP contribution in [0.1, 0.15) is 104 Å². The minimum Gasteiger partial charge on any atom is -0.0599 e. The van der Waals surface area contributed by atoms with E-state index in [1.54, 1.807) is 0 Å². The van der Waals surface area contributed by atoms with Crippen molar-refractivity contribution in [2.45, 2.75) is 104 Å². The lowest BCUT2D eigenvalue weighted by molar-refractivity contribution is 0.282. The Bertz CT molecular complexity index is 151. The summed E-state index contributed by atoms with van der Waals surface area (Å²) in [6, 6.07) is 0. The zero-order valence-corrected chi connectivity index (χ0v) is 12.4. The standard InChI is InChI=1S/C17H34/c1-17(2)15-13-11-9-7-5-3-4-6-8-10-12-14-16-17/h3-16H2,1-2H3. The predicted octanol–water partition coefficient (Wildman–Crippen LogP) is 6.49. The van der Waals surface area contributed by atoms with Gasteiger partial charge in [0.15, 0.2) is 0 Å². The topological polar surface area (TPSA) is 0 Å². The van der Waals surface area contributed by atoms with Crippen LogP contribution in [0.15, 0.2) is 0 Å². The fourth-order valence-electron chi connectivity index (χ4n) is 3.10. The van der Waals surface area contributed by atoms with Crippen molar-refractivity contribution < 1.29 is 0 Å². The zero-order valence-electron chi connectivity index (χ0n) is 12.4. The van der Waals surface area contributed by atoms with Crippen LogP contribution in [0.25, 0.3) is 0 Å². The molecule has 1 fully saturated rings. The van der Waals surface area contributed by atoms with E-state index in [0.29, 0.717) is 5.41 Å². The summed E-state index contributed by atoms with van der Waals surface area (Å²) in [5, 5.41) is 0. The van der Waals surface area contributed by atoms with Gasteiger partial charge in [0.1, 0.15) is 0 Å². The van der Waals surface area contributed by atoms with Gasteiger partial charge in [0, 0.05) is 0 Å². The molecule has 0 spiro atoms. The Morgan fingerprint density at radius 3 is 0.941 bits per heavy atom. The van der Waals surface area contributed by atoms with Crippen LogP contribution < -0.4 is 0 Å². The van der Waals surface area contributed by atoms with E-state index in [1.807, 2.05) is 0 Å². The van der Waals surface area contributed by atoms with E-state index in [0.717, 1.165) is 0 Å². The van der Waals surface area contributed by atoms with E-state index < -0.39 is 0 Å². The van der Waals surface area contributed by atoms with Gasteiger partial charge in [-0.05, 0) is 18.3 Å². The van der Waals surface area contributed by atoms with Crippen molar-refractivity contribution in [3.63, 3.8) is 0 Å². The molecule has 0 bridgehead atoms. The van der Waals surface area contributed by atoms with Crippen molar-refractivity contribution in [2.75, 3.05) is 0 Å². The molecule has 1 rings (SSSR count). The largest absolute Gasteiger partial charge is 0.0599 e. The van der Waals surface area contributed by atoms with E-state index >= 15 is 0 Å². The van der Waals surface area contributed by atoms with Crippen LogP contribution in [-0.4, -0.2) is 0 Å². The molecule has 0 radical (unpaired) electrons. The van der Waals surface area contributed by atoms with Gasteiger partial charge in [-0.15, -0.1) is 0 Å². The van der Waals surface area contributed by atoms with Crippen molar-refractivity contribution in [3.8, 4) is 0 Å². The molecule has 0 aromatic carbocycles. The first kappa shape index (κ1) is 15.1. The van der Waals surface area contributed by atoms with Crippen molar-refractivity contribution in [1.29, 1.82) is 0 Å². The second-order valence-electron chi connectivity index (χ2n) is 6.91. The maximum atomic E-state index is 2.48. The molecular weight excluding hydrogens is 204 g/mol. The van der Waals surface area contributed by atoms with Gasteiger partial charge < -0.3 is 0 Å². The van der Waals surface area contributed by atoms with Crippen LogP contribution in [0.5, 0.6) is 0 Å². The van der Waals surface area contributed by atoms with Crippen LogP contribution >= 0.6 is 0 Å². The number of rotatable bonds is 0. The van der Waals surface area contributed by atoms with Crippen molar-refractivity contribution in [3.05, 3.63) is 0 Å². The molecule has 1 aliphatic carbocycles. The molecular formula is C17H34. The van der Waals surface area contributed by atoms with Gasteiger partial charge in [0.05, 0.1) is 0 Å². The summed E-state index contributed by atoms with van der Waals surface area (Å²) in [7, 11) is 0. The van der Waals surface area contributed by atoms with Gasteiger partial charge in [-0.1, -0.05) is 90.9 Å². The van der Waals surface area contributed by atoms with Crippen LogP contribution in [0.4, 0.5) is 0 Å². The second-order valence-corrected chi connectivity index (χ2v) is 6.91. The molecule has 0 heterocycles. The molecule has 0 atom stereocenters. The third-order valence-electron chi connectivity index (χ3n) is 4.46. The van der Waals surface area contributed by atoms with Crippen molar-refractivity contribution >= 4 is 0 Å². The lowest BCUT2D eigenvalue weighted by atomic mass is 9.82. The Labute approximate surface area is 110 Å². The first-order valence-electron chi connectivity index (χ1n) is 8.21. The van der Waals surface area contributed by atoms with E-state index in [-0.39, 0.29) is 0 Å². The second kappa shape index (κ2) is 9.00. The smallest absolute Gasteiger partial charge is 0.0354 e. The first-order chi connectivity index (χ1) is 8.21. The third-order valence-corrected chi connectivity index (χ3v) is 4.46. The predicted molar refractivity (Wildman–Crippen MR) is 78.4 cm³/mol. The summed E-state index contributed by atoms with van der Waals surface area (Å²) in [4.78, 5) is 0. The minimum atomic E-state index is 0.611. The summed E-state index contributed by atoms with van der Waals surface area (Å²) in [5.74, 6) is 0. The van der Waals surface area contributed by atoms with Crippen LogP contribution in [0, 0.1) is 5.41 Å². The lowest BCUT2D eigenvalue weighted by Crippen LogP contribution is -2.10. The van der Waals surface area contributed by atoms with Gasteiger partial charge in [-0.2, -0.15) is 0 Å². The van der Waals surface area contributed by atoms with E-state index in [9.17, 15) is 0 Å². The summed E-state index contributed by atoms with van der Waals surface area (Å²) >= 11 is 0. The van der Waals surface area contributed by atoms with Gasteiger partial charge in [-0.25, -0.2) is 0 Å². The fraction of sp³-hybridized carbons (Fsp3) is 1.00. The molecule has 0 heteroatoms. The summed E-state index contributed by atoms with van der Waals surface area (Å²) < 4.78 is 0. The highest BCUT2D eigenvalue weighted by molar-refractivity contribution is 4.69. The van der Waals surface area contributed by atoms with Crippen molar-refractivity contribution in [1.82, 2.24) is 0 Å². The Kier molecular flexibility index (Phi) is 7.97. The Balaban J connectivity index is 2.22. The molecule has 0 nitrogen and oxygen atoms in total. The average molecular weight is 238 g/mol. The van der Waals surface area contributed by atoms with Crippen molar-refractivity contribution in [2.24, 2.45) is 5.41 Å². The maximum absolute atomic E-state index is 2.48. The third kappa shape index (κ3) is 8.69. The highest BCUT2D eigenvalue weighted by Crippen LogP contribution is 2.30. The monoisotopic (exact) mass is 238 g/mol. The Morgan fingerprint density at radius 2 is 0.647 bits per heavy atom.